The second-order valence-electron chi connectivity index (χ2n) is 6.03. The summed E-state index contributed by atoms with van der Waals surface area (Å²) in [4.78, 5) is 0. The van der Waals surface area contributed by atoms with Crippen LogP contribution in [-0.4, -0.2) is 52.5 Å². The molecule has 1 aromatic rings. The zero-order chi connectivity index (χ0) is 15.0. The molecule has 2 fully saturated rings. The Morgan fingerprint density at radius 1 is 1.33 bits per heavy atom. The maximum Gasteiger partial charge on any atom is 0.186 e. The Balaban J connectivity index is 1.70. The Labute approximate surface area is 124 Å². The van der Waals surface area contributed by atoms with E-state index < -0.39 is 12.1 Å². The highest BCUT2D eigenvalue weighted by atomic mass is 16.8. The highest BCUT2D eigenvalue weighted by molar-refractivity contribution is 4.97. The Bertz CT molecular complexity index is 490. The predicted molar refractivity (Wildman–Crippen MR) is 73.5 cm³/mol. The lowest BCUT2D eigenvalue weighted by Crippen LogP contribution is -2.33. The van der Waals surface area contributed by atoms with Gasteiger partial charge in [-0.1, -0.05) is 18.6 Å². The predicted octanol–water partition coefficient (Wildman–Crippen LogP) is 1.12. The molecule has 3 rings (SSSR count). The number of aromatic nitrogens is 3. The number of fused-ring (bicyclic) bond motifs is 1. The van der Waals surface area contributed by atoms with Gasteiger partial charge in [0.2, 0.25) is 0 Å². The van der Waals surface area contributed by atoms with Crippen molar-refractivity contribution in [2.24, 2.45) is 0 Å². The molecule has 0 unspecified atom stereocenters. The van der Waals surface area contributed by atoms with Crippen LogP contribution in [0.1, 0.15) is 32.9 Å². The number of rotatable bonds is 5. The molecule has 2 aliphatic rings. The number of hydrogen-bond acceptors (Lipinski definition) is 6. The molecule has 0 aliphatic carbocycles. The minimum atomic E-state index is -0.607. The molecule has 0 N–H and O–H groups in total. The van der Waals surface area contributed by atoms with Gasteiger partial charge in [0.15, 0.2) is 12.1 Å². The van der Waals surface area contributed by atoms with Crippen LogP contribution < -0.4 is 0 Å². The van der Waals surface area contributed by atoms with Gasteiger partial charge in [-0.25, -0.2) is 4.68 Å². The third-order valence-electron chi connectivity index (χ3n) is 3.80. The molecule has 0 bridgehead atoms. The molecule has 0 aromatic carbocycles. The van der Waals surface area contributed by atoms with Crippen molar-refractivity contribution in [1.82, 2.24) is 15.0 Å². The van der Waals surface area contributed by atoms with Gasteiger partial charge in [0, 0.05) is 13.3 Å². The Hall–Kier alpha value is -1.02. The van der Waals surface area contributed by atoms with Crippen LogP contribution in [0.3, 0.4) is 0 Å². The summed E-state index contributed by atoms with van der Waals surface area (Å²) in [7, 11) is 1.62. The fourth-order valence-electron chi connectivity index (χ4n) is 2.96. The lowest BCUT2D eigenvalue weighted by Gasteiger charge is -2.23. The number of methoxy groups -OCH3 is 1. The topological polar surface area (TPSA) is 67.6 Å². The number of nitrogens with zero attached hydrogens (tertiary/aromatic N) is 3. The quantitative estimate of drug-likeness (QED) is 0.811. The first-order valence-electron chi connectivity index (χ1n) is 7.45. The Kier molecular flexibility index (Phi) is 4.00. The summed E-state index contributed by atoms with van der Waals surface area (Å²) < 4.78 is 24.9. The molecule has 2 aliphatic heterocycles. The molecule has 118 valence electrons. The molecule has 7 nitrogen and oxygen atoms in total. The minimum Gasteiger partial charge on any atom is -0.353 e. The maximum absolute atomic E-state index is 5.96. The monoisotopic (exact) mass is 297 g/mol. The fourth-order valence-corrected chi connectivity index (χ4v) is 2.96. The standard InChI is InChI=1S/C14H23N3O4/c1-5-6-9-7-17(16-15-9)8-10-11-12(13(18-4)19-10)21-14(2,3)20-11/h7,10-13H,5-6,8H2,1-4H3/t10-,11-,12-,13-/m1/s1. The molecule has 3 heterocycles. The van der Waals surface area contributed by atoms with Crippen LogP contribution in [0, 0.1) is 0 Å². The molecule has 0 saturated carbocycles. The van der Waals surface area contributed by atoms with Crippen molar-refractivity contribution in [3.8, 4) is 0 Å². The number of hydrogen-bond donors (Lipinski definition) is 0. The first-order valence-corrected chi connectivity index (χ1v) is 7.45. The Morgan fingerprint density at radius 2 is 2.10 bits per heavy atom. The van der Waals surface area contributed by atoms with E-state index >= 15 is 0 Å². The minimum absolute atomic E-state index is 0.149. The van der Waals surface area contributed by atoms with Crippen LogP contribution in [0.5, 0.6) is 0 Å². The molecule has 0 amide bonds. The van der Waals surface area contributed by atoms with Gasteiger partial charge >= 0.3 is 0 Å². The van der Waals surface area contributed by atoms with Crippen LogP contribution in [-0.2, 0) is 31.9 Å². The van der Waals surface area contributed by atoms with Crippen molar-refractivity contribution in [2.75, 3.05) is 7.11 Å². The van der Waals surface area contributed by atoms with E-state index in [1.165, 1.54) is 0 Å². The van der Waals surface area contributed by atoms with E-state index in [9.17, 15) is 0 Å². The largest absolute Gasteiger partial charge is 0.353 e. The van der Waals surface area contributed by atoms with Crippen molar-refractivity contribution >= 4 is 0 Å². The molecule has 7 heteroatoms. The van der Waals surface area contributed by atoms with E-state index in [0.29, 0.717) is 6.54 Å². The van der Waals surface area contributed by atoms with Gasteiger partial charge in [-0.15, -0.1) is 5.10 Å². The van der Waals surface area contributed by atoms with E-state index in [1.54, 1.807) is 11.8 Å². The number of aryl methyl sites for hydroxylation is 1. The molecule has 4 atom stereocenters. The summed E-state index contributed by atoms with van der Waals surface area (Å²) in [5.74, 6) is -0.607. The van der Waals surface area contributed by atoms with Crippen LogP contribution in [0.4, 0.5) is 0 Å². The van der Waals surface area contributed by atoms with Gasteiger partial charge < -0.3 is 18.9 Å². The summed E-state index contributed by atoms with van der Waals surface area (Å²) in [5, 5.41) is 8.30. The van der Waals surface area contributed by atoms with Gasteiger partial charge in [-0.05, 0) is 20.3 Å². The molecule has 0 radical (unpaired) electrons. The lowest BCUT2D eigenvalue weighted by atomic mass is 10.1. The average molecular weight is 297 g/mol. The summed E-state index contributed by atoms with van der Waals surface area (Å²) in [6, 6.07) is 0. The van der Waals surface area contributed by atoms with E-state index in [-0.39, 0.29) is 18.3 Å². The zero-order valence-electron chi connectivity index (χ0n) is 13.0. The normalized spacial score (nSPS) is 34.3. The van der Waals surface area contributed by atoms with Crippen molar-refractivity contribution in [3.63, 3.8) is 0 Å². The second kappa shape index (κ2) is 5.64. The van der Waals surface area contributed by atoms with Gasteiger partial charge in [0.1, 0.15) is 18.3 Å². The fraction of sp³-hybridized carbons (Fsp3) is 0.857. The van der Waals surface area contributed by atoms with Crippen LogP contribution in [0.15, 0.2) is 6.20 Å². The van der Waals surface area contributed by atoms with E-state index in [4.69, 9.17) is 18.9 Å². The third kappa shape index (κ3) is 2.96. The Morgan fingerprint density at radius 3 is 2.81 bits per heavy atom. The molecule has 1 aromatic heterocycles. The summed E-state index contributed by atoms with van der Waals surface area (Å²) in [6.07, 6.45) is 3.05. The van der Waals surface area contributed by atoms with E-state index in [2.05, 4.69) is 17.2 Å². The lowest BCUT2D eigenvalue weighted by molar-refractivity contribution is -0.228. The van der Waals surface area contributed by atoms with E-state index in [1.807, 2.05) is 20.0 Å². The van der Waals surface area contributed by atoms with Crippen LogP contribution in [0.25, 0.3) is 0 Å². The van der Waals surface area contributed by atoms with Gasteiger partial charge in [0.05, 0.1) is 12.2 Å². The van der Waals surface area contributed by atoms with Crippen LogP contribution >= 0.6 is 0 Å². The highest BCUT2D eigenvalue weighted by Crippen LogP contribution is 2.39. The molecule has 0 spiro atoms. The van der Waals surface area contributed by atoms with Gasteiger partial charge in [0.25, 0.3) is 0 Å². The second-order valence-corrected chi connectivity index (χ2v) is 6.03. The first kappa shape index (κ1) is 14.9. The first-order chi connectivity index (χ1) is 10.0. The van der Waals surface area contributed by atoms with Crippen molar-refractivity contribution < 1.29 is 18.9 Å². The summed E-state index contributed by atoms with van der Waals surface area (Å²) >= 11 is 0. The maximum atomic E-state index is 5.96. The molecule has 2 saturated heterocycles. The summed E-state index contributed by atoms with van der Waals surface area (Å²) in [5.41, 5.74) is 0.999. The smallest absolute Gasteiger partial charge is 0.186 e. The zero-order valence-corrected chi connectivity index (χ0v) is 13.0. The van der Waals surface area contributed by atoms with E-state index in [0.717, 1.165) is 18.5 Å². The third-order valence-corrected chi connectivity index (χ3v) is 3.80. The average Bonchev–Trinajstić information content (AvgIpc) is 3.06. The molecule has 21 heavy (non-hydrogen) atoms. The van der Waals surface area contributed by atoms with Crippen LogP contribution in [0.2, 0.25) is 0 Å². The SMILES string of the molecule is CCCc1cn(C[C@H]2O[C@@H](OC)[C@@H]3OC(C)(C)O[C@@H]32)nn1. The van der Waals surface area contributed by atoms with Crippen molar-refractivity contribution in [1.29, 1.82) is 0 Å². The summed E-state index contributed by atoms with van der Waals surface area (Å²) in [6.45, 7) is 6.52. The highest BCUT2D eigenvalue weighted by Gasteiger charge is 2.55. The van der Waals surface area contributed by atoms with Gasteiger partial charge in [-0.2, -0.15) is 0 Å². The van der Waals surface area contributed by atoms with Crippen molar-refractivity contribution in [3.05, 3.63) is 11.9 Å². The number of ether oxygens (including phenoxy) is 4. The van der Waals surface area contributed by atoms with Gasteiger partial charge in [-0.3, -0.25) is 0 Å². The molecular formula is C14H23N3O4. The molecular weight excluding hydrogens is 274 g/mol. The van der Waals surface area contributed by atoms with Crippen molar-refractivity contribution in [2.45, 2.75) is 70.5 Å².